The zero-order valence-corrected chi connectivity index (χ0v) is 36.0. The molecule has 0 unspecified atom stereocenters. The highest BCUT2D eigenvalue weighted by atomic mass is 28.4. The molecule has 0 aromatic carbocycles. The first-order valence-electron chi connectivity index (χ1n) is 16.5. The van der Waals surface area contributed by atoms with E-state index in [-0.39, 0.29) is 45.1 Å². The van der Waals surface area contributed by atoms with Crippen LogP contribution in [0.2, 0.25) is 72.5 Å². The lowest BCUT2D eigenvalue weighted by Gasteiger charge is -2.46. The van der Waals surface area contributed by atoms with E-state index in [1.165, 1.54) is 0 Å². The molecule has 1 rings (SSSR count). The summed E-state index contributed by atoms with van der Waals surface area (Å²) in [5.41, 5.74) is 0. The maximum atomic E-state index is 9.81. The summed E-state index contributed by atoms with van der Waals surface area (Å²) in [6.07, 6.45) is 1.07. The number of hydrogen-bond acceptors (Lipinski definition) is 6. The second kappa shape index (κ2) is 13.7. The van der Waals surface area contributed by atoms with Gasteiger partial charge in [-0.25, -0.2) is 0 Å². The van der Waals surface area contributed by atoms with E-state index < -0.39 is 39.4 Å². The van der Waals surface area contributed by atoms with Gasteiger partial charge in [0.2, 0.25) is 0 Å². The average Bonchev–Trinajstić information content (AvgIpc) is 3.07. The van der Waals surface area contributed by atoms with Crippen LogP contribution in [0.25, 0.3) is 0 Å². The molecule has 0 aromatic heterocycles. The molecule has 0 saturated carbocycles. The summed E-state index contributed by atoms with van der Waals surface area (Å²) < 4.78 is 35.6. The molecule has 0 amide bonds. The van der Waals surface area contributed by atoms with Crippen molar-refractivity contribution in [2.75, 3.05) is 13.2 Å². The van der Waals surface area contributed by atoms with Gasteiger partial charge in [-0.2, -0.15) is 0 Å². The molecule has 1 heterocycles. The molecule has 6 nitrogen and oxygen atoms in total. The fourth-order valence-electron chi connectivity index (χ4n) is 3.81. The molecule has 1 aliphatic rings. The number of aliphatic hydroxyl groups is 1. The minimum atomic E-state index is -2.26. The molecule has 0 bridgehead atoms. The molecule has 0 spiro atoms. The molecule has 0 aliphatic carbocycles. The van der Waals surface area contributed by atoms with Crippen LogP contribution in [-0.4, -0.2) is 76.0 Å². The first-order valence-corrected chi connectivity index (χ1v) is 28.1. The summed E-state index contributed by atoms with van der Waals surface area (Å²) >= 11 is 0. The lowest BCUT2D eigenvalue weighted by molar-refractivity contribution is -0.0495. The smallest absolute Gasteiger partial charge is 0.193 e. The summed E-state index contributed by atoms with van der Waals surface area (Å²) in [4.78, 5) is 0. The van der Waals surface area contributed by atoms with E-state index in [2.05, 4.69) is 135 Å². The van der Waals surface area contributed by atoms with Crippen molar-refractivity contribution >= 4 is 33.3 Å². The van der Waals surface area contributed by atoms with Gasteiger partial charge in [0.25, 0.3) is 0 Å². The second-order valence-electron chi connectivity index (χ2n) is 18.8. The van der Waals surface area contributed by atoms with E-state index in [1.807, 2.05) is 6.08 Å². The third-order valence-electron chi connectivity index (χ3n) is 11.1. The Labute approximate surface area is 271 Å². The van der Waals surface area contributed by atoms with Crippen LogP contribution in [0.5, 0.6) is 0 Å². The minimum absolute atomic E-state index is 0.00403. The number of aliphatic hydroxyl groups excluding tert-OH is 1. The fourth-order valence-corrected chi connectivity index (χ4v) is 8.66. The van der Waals surface area contributed by atoms with Gasteiger partial charge in [-0.3, -0.25) is 0 Å². The van der Waals surface area contributed by atoms with Crippen molar-refractivity contribution < 1.29 is 27.5 Å². The first kappa shape index (κ1) is 41.2. The molecule has 1 saturated heterocycles. The molecule has 0 aromatic rings. The van der Waals surface area contributed by atoms with E-state index in [0.29, 0.717) is 13.0 Å². The van der Waals surface area contributed by atoms with E-state index in [4.69, 9.17) is 22.4 Å². The fraction of sp³-hybridized carbons (Fsp3) is 0.939. The zero-order chi connectivity index (χ0) is 34.3. The quantitative estimate of drug-likeness (QED) is 0.208. The average molecular weight is 677 g/mol. The van der Waals surface area contributed by atoms with Crippen LogP contribution in [0.15, 0.2) is 11.8 Å². The Kier molecular flexibility index (Phi) is 13.2. The highest BCUT2D eigenvalue weighted by Crippen LogP contribution is 2.47. The van der Waals surface area contributed by atoms with Crippen molar-refractivity contribution in [2.45, 2.75) is 186 Å². The van der Waals surface area contributed by atoms with Gasteiger partial charge in [-0.15, -0.1) is 0 Å². The molecule has 4 atom stereocenters. The van der Waals surface area contributed by atoms with Crippen molar-refractivity contribution in [3.05, 3.63) is 11.8 Å². The largest absolute Gasteiger partial charge is 0.487 e. The Morgan fingerprint density at radius 3 is 1.49 bits per heavy atom. The molecule has 43 heavy (non-hydrogen) atoms. The van der Waals surface area contributed by atoms with Crippen LogP contribution < -0.4 is 0 Å². The summed E-state index contributed by atoms with van der Waals surface area (Å²) in [7, 11) is -8.81. The first-order chi connectivity index (χ1) is 18.8. The summed E-state index contributed by atoms with van der Waals surface area (Å²) in [5.74, 6) is 0.767. The number of hydrogen-bond donors (Lipinski definition) is 1. The zero-order valence-electron chi connectivity index (χ0n) is 32.0. The topological polar surface area (TPSA) is 66.4 Å². The van der Waals surface area contributed by atoms with Crippen LogP contribution in [0.4, 0.5) is 0 Å². The van der Waals surface area contributed by atoms with Crippen molar-refractivity contribution in [2.24, 2.45) is 0 Å². The predicted octanol–water partition coefficient (Wildman–Crippen LogP) is 9.84. The molecule has 1 N–H and O–H groups in total. The number of rotatable bonds is 12. The van der Waals surface area contributed by atoms with Gasteiger partial charge in [0.1, 0.15) is 24.1 Å². The Hall–Kier alpha value is 0.208. The SMILES string of the molecule is CC(C)(C)[Si](C)(C)OC[C@@H](O[Si](C)(C)C(C)(C)C)[C@H]1O/C(=C\CCO)[C@H](O[Si](C)(C)C(C)(C)C)[C@H]1O[Si](C)(C)C(C)(C)C. The molecule has 1 fully saturated rings. The Morgan fingerprint density at radius 2 is 1.09 bits per heavy atom. The summed E-state index contributed by atoms with van der Waals surface area (Å²) in [6.45, 7) is 46.2. The minimum Gasteiger partial charge on any atom is -0.487 e. The normalized spacial score (nSPS) is 23.6. The van der Waals surface area contributed by atoms with Crippen LogP contribution in [0, 0.1) is 0 Å². The summed E-state index contributed by atoms with van der Waals surface area (Å²) in [6, 6.07) is 0. The van der Waals surface area contributed by atoms with Crippen LogP contribution in [0.1, 0.15) is 89.5 Å². The van der Waals surface area contributed by atoms with Gasteiger partial charge < -0.3 is 27.5 Å². The number of ether oxygens (including phenoxy) is 1. The molecular formula is C33H72O6Si4. The Bertz CT molecular complexity index is 933. The van der Waals surface area contributed by atoms with Crippen molar-refractivity contribution in [3.8, 4) is 0 Å². The van der Waals surface area contributed by atoms with Crippen molar-refractivity contribution in [3.63, 3.8) is 0 Å². The third-order valence-corrected chi connectivity index (χ3v) is 29.1. The Balaban J connectivity index is 3.88. The van der Waals surface area contributed by atoms with Gasteiger partial charge in [0.05, 0.1) is 6.61 Å². The van der Waals surface area contributed by atoms with E-state index in [9.17, 15) is 5.11 Å². The van der Waals surface area contributed by atoms with Crippen LogP contribution in [-0.2, 0) is 22.4 Å². The van der Waals surface area contributed by atoms with E-state index in [0.717, 1.165) is 5.76 Å². The maximum Gasteiger partial charge on any atom is 0.193 e. The van der Waals surface area contributed by atoms with Gasteiger partial charge in [0.15, 0.2) is 39.4 Å². The molecule has 0 radical (unpaired) electrons. The lowest BCUT2D eigenvalue weighted by atomic mass is 10.1. The van der Waals surface area contributed by atoms with Crippen molar-refractivity contribution in [1.82, 2.24) is 0 Å². The lowest BCUT2D eigenvalue weighted by Crippen LogP contribution is -2.57. The third kappa shape index (κ3) is 10.3. The molecule has 256 valence electrons. The van der Waals surface area contributed by atoms with Gasteiger partial charge in [-0.05, 0) is 85.0 Å². The molecule has 10 heteroatoms. The molecule has 1 aliphatic heterocycles. The van der Waals surface area contributed by atoms with Crippen LogP contribution in [0.3, 0.4) is 0 Å². The van der Waals surface area contributed by atoms with E-state index in [1.54, 1.807) is 0 Å². The monoisotopic (exact) mass is 676 g/mol. The highest BCUT2D eigenvalue weighted by Gasteiger charge is 2.56. The van der Waals surface area contributed by atoms with Crippen LogP contribution >= 0.6 is 0 Å². The maximum absolute atomic E-state index is 9.81. The highest BCUT2D eigenvalue weighted by molar-refractivity contribution is 6.75. The van der Waals surface area contributed by atoms with Crippen molar-refractivity contribution in [1.29, 1.82) is 0 Å². The van der Waals surface area contributed by atoms with Gasteiger partial charge in [0, 0.05) is 6.61 Å². The second-order valence-corrected chi connectivity index (χ2v) is 37.9. The Morgan fingerprint density at radius 1 is 0.674 bits per heavy atom. The van der Waals surface area contributed by atoms with E-state index >= 15 is 0 Å². The van der Waals surface area contributed by atoms with Gasteiger partial charge >= 0.3 is 0 Å². The van der Waals surface area contributed by atoms with Gasteiger partial charge in [-0.1, -0.05) is 83.1 Å². The molecular weight excluding hydrogens is 605 g/mol. The predicted molar refractivity (Wildman–Crippen MR) is 194 cm³/mol. The standard InChI is InChI=1S/C33H72O6Si4/c1-30(2,3)40(13,14)35-24-26(37-41(15,16)31(4,5)6)27-29(39-43(19,20)33(10,11)12)28(25(36-27)22-21-23-34)38-42(17,18)32(7,8)9/h22,26-29,34H,21,23-24H2,1-20H3/b25-22-/t26-,27-,28+,29+/m1/s1. The summed E-state index contributed by atoms with van der Waals surface area (Å²) in [5, 5.41) is 9.91.